The van der Waals surface area contributed by atoms with Gasteiger partial charge in [-0.1, -0.05) is 11.6 Å². The highest BCUT2D eigenvalue weighted by atomic mass is 35.5. The first kappa shape index (κ1) is 11.4. The normalized spacial score (nSPS) is 25.2. The molecule has 0 radical (unpaired) electrons. The molecule has 0 bridgehead atoms. The van der Waals surface area contributed by atoms with Crippen LogP contribution < -0.4 is 22.9 Å². The van der Waals surface area contributed by atoms with E-state index < -0.39 is 23.5 Å². The molecule has 1 aliphatic heterocycles. The largest absolute Gasteiger partial charge is 0.382 e. The van der Waals surface area contributed by atoms with Gasteiger partial charge < -0.3 is 22.9 Å². The number of hydrogen-bond donors (Lipinski definition) is 4. The summed E-state index contributed by atoms with van der Waals surface area (Å²) >= 11 is 5.67. The lowest BCUT2D eigenvalue weighted by Crippen LogP contribution is -2.42. The van der Waals surface area contributed by atoms with Gasteiger partial charge in [0.1, 0.15) is 6.17 Å². The molecule has 2 unspecified atom stereocenters. The lowest BCUT2D eigenvalue weighted by molar-refractivity contribution is -0.111. The van der Waals surface area contributed by atoms with Crippen molar-refractivity contribution < 1.29 is 4.79 Å². The highest BCUT2D eigenvalue weighted by molar-refractivity contribution is 6.67. The van der Waals surface area contributed by atoms with Crippen LogP contribution >= 0.6 is 11.6 Å². The summed E-state index contributed by atoms with van der Waals surface area (Å²) < 4.78 is 0. The van der Waals surface area contributed by atoms with Gasteiger partial charge in [0.05, 0.1) is 0 Å². The number of amidine groups is 1. The van der Waals surface area contributed by atoms with Gasteiger partial charge in [-0.15, -0.1) is 0 Å². The number of carbonyl (C=O) groups excluding carboxylic acids is 1. The summed E-state index contributed by atoms with van der Waals surface area (Å²) in [6.45, 7) is 0. The van der Waals surface area contributed by atoms with Gasteiger partial charge >= 0.3 is 5.91 Å². The zero-order valence-corrected chi connectivity index (χ0v) is 8.35. The minimum atomic E-state index is -0.856. The van der Waals surface area contributed by atoms with Crippen molar-refractivity contribution in [3.63, 3.8) is 0 Å². The van der Waals surface area contributed by atoms with Crippen molar-refractivity contribution in [1.82, 2.24) is 0 Å². The number of nitrogens with zero attached hydrogens (tertiary/aromatic N) is 3. The highest BCUT2D eigenvalue weighted by Crippen LogP contribution is 2.09. The van der Waals surface area contributed by atoms with Crippen LogP contribution in [-0.2, 0) is 4.79 Å². The molecule has 0 fully saturated rings. The molecule has 1 heterocycles. The Hall–Kier alpha value is -1.67. The summed E-state index contributed by atoms with van der Waals surface area (Å²) in [6.07, 6.45) is -0.776. The summed E-state index contributed by atoms with van der Waals surface area (Å²) in [6, 6.07) is 0. The summed E-state index contributed by atoms with van der Waals surface area (Å²) in [4.78, 5) is 22.0. The van der Waals surface area contributed by atoms with Gasteiger partial charge in [-0.2, -0.15) is 4.99 Å². The van der Waals surface area contributed by atoms with Gasteiger partial charge in [0.25, 0.3) is 0 Å². The quantitative estimate of drug-likeness (QED) is 0.169. The molecule has 8 nitrogen and oxygen atoms in total. The van der Waals surface area contributed by atoms with Crippen LogP contribution in [0.1, 0.15) is 0 Å². The fourth-order valence-electron chi connectivity index (χ4n) is 0.884. The predicted octanol–water partition coefficient (Wildman–Crippen LogP) is -2.55. The second-order valence-corrected chi connectivity index (χ2v) is 3.14. The van der Waals surface area contributed by atoms with E-state index in [0.717, 1.165) is 0 Å². The average molecular weight is 232 g/mol. The van der Waals surface area contributed by atoms with E-state index in [4.69, 9.17) is 34.5 Å². The zero-order chi connectivity index (χ0) is 11.6. The number of rotatable bonds is 1. The van der Waals surface area contributed by atoms with Gasteiger partial charge in [0, 0.05) is 0 Å². The Morgan fingerprint density at radius 1 is 1.40 bits per heavy atom. The van der Waals surface area contributed by atoms with E-state index in [1.54, 1.807) is 0 Å². The van der Waals surface area contributed by atoms with Crippen molar-refractivity contribution >= 4 is 35.0 Å². The Kier molecular flexibility index (Phi) is 3.22. The van der Waals surface area contributed by atoms with Gasteiger partial charge in [-0.05, 0) is 0 Å². The monoisotopic (exact) mass is 231 g/mol. The van der Waals surface area contributed by atoms with Crippen LogP contribution in [0.5, 0.6) is 0 Å². The van der Waals surface area contributed by atoms with Crippen molar-refractivity contribution in [2.24, 2.45) is 37.9 Å². The molecule has 8 N–H and O–H groups in total. The Balaban J connectivity index is 2.97. The summed E-state index contributed by atoms with van der Waals surface area (Å²) in [5, 5.41) is 0. The first-order valence-electron chi connectivity index (χ1n) is 3.87. The Morgan fingerprint density at radius 3 is 2.53 bits per heavy atom. The van der Waals surface area contributed by atoms with Crippen LogP contribution in [0.15, 0.2) is 15.0 Å². The van der Waals surface area contributed by atoms with E-state index in [0.29, 0.717) is 0 Å². The molecule has 1 rings (SSSR count). The molecule has 0 aromatic rings. The lowest BCUT2D eigenvalue weighted by Gasteiger charge is -2.17. The summed E-state index contributed by atoms with van der Waals surface area (Å²) in [5.41, 5.74) is 19.8. The molecular formula is C6H10ClN7O. The van der Waals surface area contributed by atoms with Gasteiger partial charge in [-0.25, -0.2) is 4.99 Å². The fraction of sp³-hybridized carbons (Fsp3) is 0.333. The van der Waals surface area contributed by atoms with Gasteiger partial charge in [0.15, 0.2) is 23.0 Å². The second-order valence-electron chi connectivity index (χ2n) is 2.70. The lowest BCUT2D eigenvalue weighted by atomic mass is 10.3. The van der Waals surface area contributed by atoms with E-state index in [-0.39, 0.29) is 11.5 Å². The molecule has 0 aromatic heterocycles. The third-order valence-corrected chi connectivity index (χ3v) is 1.85. The van der Waals surface area contributed by atoms with Crippen molar-refractivity contribution in [1.29, 1.82) is 0 Å². The predicted molar refractivity (Wildman–Crippen MR) is 57.5 cm³/mol. The molecule has 15 heavy (non-hydrogen) atoms. The molecule has 1 aliphatic rings. The number of guanidine groups is 1. The first-order chi connectivity index (χ1) is 6.91. The van der Waals surface area contributed by atoms with Crippen LogP contribution in [0, 0.1) is 0 Å². The maximum absolute atomic E-state index is 11.3. The van der Waals surface area contributed by atoms with Crippen molar-refractivity contribution in [2.45, 2.75) is 11.7 Å². The molecular weight excluding hydrogens is 222 g/mol. The highest BCUT2D eigenvalue weighted by Gasteiger charge is 2.26. The minimum Gasteiger partial charge on any atom is -0.382 e. The molecule has 82 valence electrons. The fourth-order valence-corrected chi connectivity index (χ4v) is 1.04. The third-order valence-electron chi connectivity index (χ3n) is 1.50. The number of halogens is 1. The number of hydrogen-bond acceptors (Lipinski definition) is 5. The van der Waals surface area contributed by atoms with E-state index in [1.807, 2.05) is 0 Å². The molecule has 0 saturated carbocycles. The van der Waals surface area contributed by atoms with Gasteiger partial charge in [-0.3, -0.25) is 9.79 Å². The maximum atomic E-state index is 11.3. The zero-order valence-electron chi connectivity index (χ0n) is 7.59. The van der Waals surface area contributed by atoms with Crippen LogP contribution in [-0.4, -0.2) is 35.1 Å². The van der Waals surface area contributed by atoms with Gasteiger partial charge in [0.2, 0.25) is 0 Å². The standard InChI is InChI=1S/C6H10ClN7O/c7-2-4(9)13-3(8)1(12-2)5(15)14-6(10)11/h2,4H,9H2,(H2,8,13)(H4,10,11,14,15). The average Bonchev–Trinajstić information content (AvgIpc) is 2.09. The first-order valence-corrected chi connectivity index (χ1v) is 4.30. The summed E-state index contributed by atoms with van der Waals surface area (Å²) in [7, 11) is 0. The number of aliphatic imine (C=N–C) groups is 3. The Labute approximate surface area is 90.1 Å². The van der Waals surface area contributed by atoms with Crippen LogP contribution in [0.2, 0.25) is 0 Å². The van der Waals surface area contributed by atoms with Crippen molar-refractivity contribution in [3.8, 4) is 0 Å². The van der Waals surface area contributed by atoms with Crippen LogP contribution in [0.4, 0.5) is 0 Å². The van der Waals surface area contributed by atoms with Crippen molar-refractivity contribution in [2.75, 3.05) is 0 Å². The van der Waals surface area contributed by atoms with Crippen LogP contribution in [0.3, 0.4) is 0 Å². The minimum absolute atomic E-state index is 0.130. The summed E-state index contributed by atoms with van der Waals surface area (Å²) in [5.74, 6) is -1.32. The molecule has 0 saturated heterocycles. The SMILES string of the molecule is NC(N)=NC(=O)C1=NC(Cl)C(N)N=C1N. The van der Waals surface area contributed by atoms with Crippen LogP contribution in [0.25, 0.3) is 0 Å². The molecule has 1 amide bonds. The third kappa shape index (κ3) is 2.64. The number of nitrogens with two attached hydrogens (primary N) is 4. The molecule has 0 spiro atoms. The van der Waals surface area contributed by atoms with E-state index in [1.165, 1.54) is 0 Å². The smallest absolute Gasteiger partial charge is 0.302 e. The molecule has 0 aromatic carbocycles. The van der Waals surface area contributed by atoms with E-state index >= 15 is 0 Å². The van der Waals surface area contributed by atoms with E-state index in [9.17, 15) is 4.79 Å². The Morgan fingerprint density at radius 2 is 2.00 bits per heavy atom. The van der Waals surface area contributed by atoms with E-state index in [2.05, 4.69) is 15.0 Å². The number of amides is 1. The molecule has 2 atom stereocenters. The maximum Gasteiger partial charge on any atom is 0.302 e. The molecule has 0 aliphatic carbocycles. The number of carbonyl (C=O) groups is 1. The van der Waals surface area contributed by atoms with Crippen molar-refractivity contribution in [3.05, 3.63) is 0 Å². The number of alkyl halides is 1. The topological polar surface area (TPSA) is 158 Å². The second kappa shape index (κ2) is 4.24. The Bertz CT molecular complexity index is 370. The molecule has 9 heteroatoms.